The van der Waals surface area contributed by atoms with Crippen LogP contribution in [0.4, 0.5) is 24.5 Å². The van der Waals surface area contributed by atoms with Crippen molar-refractivity contribution in [3.63, 3.8) is 0 Å². The molecule has 1 aliphatic heterocycles. The second kappa shape index (κ2) is 8.00. The van der Waals surface area contributed by atoms with Gasteiger partial charge < -0.3 is 5.32 Å². The summed E-state index contributed by atoms with van der Waals surface area (Å²) in [7, 11) is 0. The summed E-state index contributed by atoms with van der Waals surface area (Å²) in [4.78, 5) is 16.7. The van der Waals surface area contributed by atoms with E-state index in [0.717, 1.165) is 17.7 Å². The fraction of sp³-hybridized carbons (Fsp3) is 0.176. The minimum Gasteiger partial charge on any atom is -0.324 e. The number of rotatable bonds is 4. The van der Waals surface area contributed by atoms with Crippen molar-refractivity contribution >= 4 is 45.7 Å². The average molecular weight is 432 g/mol. The summed E-state index contributed by atoms with van der Waals surface area (Å²) in [5.74, 6) is -0.242. The van der Waals surface area contributed by atoms with Crippen LogP contribution < -0.4 is 10.5 Å². The Morgan fingerprint density at radius 2 is 2.00 bits per heavy atom. The molecule has 0 aromatic heterocycles. The van der Waals surface area contributed by atoms with E-state index in [0.29, 0.717) is 21.9 Å². The zero-order valence-corrected chi connectivity index (χ0v) is 15.5. The Kier molecular flexibility index (Phi) is 5.84. The summed E-state index contributed by atoms with van der Waals surface area (Å²) >= 11 is 7.28. The Balaban J connectivity index is 1.78. The Labute approximate surface area is 166 Å². The van der Waals surface area contributed by atoms with Gasteiger partial charge in [-0.05, 0) is 30.3 Å². The topological polar surface area (TPSA) is 85.2 Å². The number of alkyl halides is 3. The summed E-state index contributed by atoms with van der Waals surface area (Å²) in [6, 6.07) is 8.77. The quantitative estimate of drug-likeness (QED) is 0.623. The van der Waals surface area contributed by atoms with Crippen molar-refractivity contribution in [3.8, 4) is 0 Å². The molecule has 148 valence electrons. The number of hydrogen-bond donors (Lipinski definition) is 3. The Bertz CT molecular complexity index is 937. The third-order valence-electron chi connectivity index (χ3n) is 3.81. The van der Waals surface area contributed by atoms with Gasteiger partial charge in [0.25, 0.3) is 0 Å². The van der Waals surface area contributed by atoms with Crippen LogP contribution >= 0.6 is 23.4 Å². The number of anilines is 2. The molecule has 28 heavy (non-hydrogen) atoms. The maximum absolute atomic E-state index is 13.1. The molecular formula is C17H13ClF3N3O3S. The van der Waals surface area contributed by atoms with Gasteiger partial charge in [0.2, 0.25) is 5.91 Å². The molecule has 0 spiro atoms. The van der Waals surface area contributed by atoms with E-state index in [1.54, 1.807) is 24.3 Å². The summed E-state index contributed by atoms with van der Waals surface area (Å²) in [6.07, 6.45) is -4.85. The predicted octanol–water partition coefficient (Wildman–Crippen LogP) is 4.44. The molecule has 6 nitrogen and oxygen atoms in total. The smallest absolute Gasteiger partial charge is 0.324 e. The van der Waals surface area contributed by atoms with Gasteiger partial charge in [-0.1, -0.05) is 23.7 Å². The van der Waals surface area contributed by atoms with E-state index in [1.807, 2.05) is 0 Å². The summed E-state index contributed by atoms with van der Waals surface area (Å²) in [6.45, 7) is 0. The summed E-state index contributed by atoms with van der Waals surface area (Å²) < 4.78 is 39.3. The maximum atomic E-state index is 13.1. The highest BCUT2D eigenvalue weighted by atomic mass is 35.5. The molecule has 1 amide bonds. The zero-order chi connectivity index (χ0) is 20.5. The SMILES string of the molecule is O=C(Nc1ccc(N(O)O)c(C(F)(F)F)c1)C1CSC(c2cccc(Cl)c2)=N1. The molecular weight excluding hydrogens is 419 g/mol. The van der Waals surface area contributed by atoms with Crippen LogP contribution in [0, 0.1) is 0 Å². The first-order chi connectivity index (χ1) is 13.1. The molecule has 0 saturated heterocycles. The van der Waals surface area contributed by atoms with Crippen LogP contribution in [0.1, 0.15) is 11.1 Å². The van der Waals surface area contributed by atoms with Crippen molar-refractivity contribution in [2.45, 2.75) is 12.2 Å². The predicted molar refractivity (Wildman–Crippen MR) is 100 cm³/mol. The molecule has 3 rings (SSSR count). The number of carbonyl (C=O) groups is 1. The highest BCUT2D eigenvalue weighted by Gasteiger charge is 2.35. The van der Waals surface area contributed by atoms with E-state index in [9.17, 15) is 18.0 Å². The molecule has 2 aromatic carbocycles. The molecule has 0 saturated carbocycles. The van der Waals surface area contributed by atoms with Gasteiger partial charge in [-0.25, -0.2) is 0 Å². The van der Waals surface area contributed by atoms with Crippen LogP contribution in [0.15, 0.2) is 47.5 Å². The molecule has 0 fully saturated rings. The Morgan fingerprint density at radius 3 is 2.64 bits per heavy atom. The van der Waals surface area contributed by atoms with E-state index < -0.39 is 34.6 Å². The van der Waals surface area contributed by atoms with Gasteiger partial charge in [-0.15, -0.1) is 17.0 Å². The van der Waals surface area contributed by atoms with E-state index >= 15 is 0 Å². The Morgan fingerprint density at radius 1 is 1.25 bits per heavy atom. The minimum atomic E-state index is -4.85. The number of carbonyl (C=O) groups excluding carboxylic acids is 1. The highest BCUT2D eigenvalue weighted by Crippen LogP contribution is 2.37. The minimum absolute atomic E-state index is 0.140. The largest absolute Gasteiger partial charge is 0.418 e. The Hall–Kier alpha value is -2.27. The second-order valence-electron chi connectivity index (χ2n) is 5.78. The number of benzene rings is 2. The van der Waals surface area contributed by atoms with E-state index in [1.165, 1.54) is 11.8 Å². The van der Waals surface area contributed by atoms with Gasteiger partial charge >= 0.3 is 6.18 Å². The number of nitrogens with zero attached hydrogens (tertiary/aromatic N) is 2. The second-order valence-corrected chi connectivity index (χ2v) is 7.22. The highest BCUT2D eigenvalue weighted by molar-refractivity contribution is 8.14. The van der Waals surface area contributed by atoms with Gasteiger partial charge in [0.15, 0.2) is 0 Å². The third-order valence-corrected chi connectivity index (χ3v) is 5.14. The fourth-order valence-electron chi connectivity index (χ4n) is 2.53. The molecule has 1 atom stereocenters. The average Bonchev–Trinajstić information content (AvgIpc) is 3.11. The molecule has 0 bridgehead atoms. The van der Waals surface area contributed by atoms with Crippen LogP contribution in [-0.2, 0) is 11.0 Å². The lowest BCUT2D eigenvalue weighted by Crippen LogP contribution is -2.27. The van der Waals surface area contributed by atoms with Crippen LogP contribution in [0.5, 0.6) is 0 Å². The van der Waals surface area contributed by atoms with Gasteiger partial charge in [0.1, 0.15) is 11.7 Å². The summed E-state index contributed by atoms with van der Waals surface area (Å²) in [5, 5.41) is 20.8. The van der Waals surface area contributed by atoms with E-state index in [4.69, 9.17) is 22.0 Å². The number of hydrogen-bond acceptors (Lipinski definition) is 6. The van der Waals surface area contributed by atoms with Crippen molar-refractivity contribution in [1.82, 2.24) is 0 Å². The molecule has 2 aromatic rings. The molecule has 1 aliphatic rings. The zero-order valence-electron chi connectivity index (χ0n) is 13.9. The lowest BCUT2D eigenvalue weighted by Gasteiger charge is -2.17. The van der Waals surface area contributed by atoms with Crippen molar-refractivity contribution in [2.24, 2.45) is 4.99 Å². The van der Waals surface area contributed by atoms with Crippen LogP contribution in [-0.4, -0.2) is 33.2 Å². The molecule has 3 N–H and O–H groups in total. The lowest BCUT2D eigenvalue weighted by molar-refractivity contribution is -0.138. The number of halogens is 4. The lowest BCUT2D eigenvalue weighted by atomic mass is 10.1. The standard InChI is InChI=1S/C17H13ClF3N3O3S/c18-10-3-1-2-9(6-10)16-23-13(8-28-16)15(25)22-11-4-5-14(24(26)27)12(7-11)17(19,20)21/h1-7,13,26-27H,8H2,(H,22,25). The molecule has 11 heteroatoms. The first-order valence-electron chi connectivity index (χ1n) is 7.81. The fourth-order valence-corrected chi connectivity index (χ4v) is 3.76. The first-order valence-corrected chi connectivity index (χ1v) is 9.18. The number of thioether (sulfide) groups is 1. The van der Waals surface area contributed by atoms with Gasteiger partial charge in [0.05, 0.1) is 10.6 Å². The third kappa shape index (κ3) is 4.58. The van der Waals surface area contributed by atoms with Crippen LogP contribution in [0.3, 0.4) is 0 Å². The van der Waals surface area contributed by atoms with Gasteiger partial charge in [-0.2, -0.15) is 13.2 Å². The maximum Gasteiger partial charge on any atom is 0.418 e. The number of nitrogens with one attached hydrogen (secondary N) is 1. The molecule has 1 heterocycles. The van der Waals surface area contributed by atoms with E-state index in [2.05, 4.69) is 10.3 Å². The monoisotopic (exact) mass is 431 g/mol. The summed E-state index contributed by atoms with van der Waals surface area (Å²) in [5.41, 5.74) is -1.55. The number of aliphatic imine (C=N–C) groups is 1. The normalized spacial score (nSPS) is 16.6. The van der Waals surface area contributed by atoms with Crippen molar-refractivity contribution < 1.29 is 28.4 Å². The van der Waals surface area contributed by atoms with Crippen molar-refractivity contribution in [2.75, 3.05) is 16.3 Å². The molecule has 0 radical (unpaired) electrons. The van der Waals surface area contributed by atoms with Crippen molar-refractivity contribution in [1.29, 1.82) is 0 Å². The van der Waals surface area contributed by atoms with E-state index in [-0.39, 0.29) is 5.69 Å². The van der Waals surface area contributed by atoms with Gasteiger partial charge in [0, 0.05) is 22.0 Å². The molecule has 0 aliphatic carbocycles. The molecule has 1 unspecified atom stereocenters. The first kappa shape index (κ1) is 20.5. The van der Waals surface area contributed by atoms with Crippen molar-refractivity contribution in [3.05, 3.63) is 58.6 Å². The van der Waals surface area contributed by atoms with Gasteiger partial charge in [-0.3, -0.25) is 20.2 Å². The van der Waals surface area contributed by atoms with Crippen LogP contribution in [0.2, 0.25) is 5.02 Å². The van der Waals surface area contributed by atoms with Crippen LogP contribution in [0.25, 0.3) is 0 Å². The number of amides is 1.